The fourth-order valence-electron chi connectivity index (χ4n) is 1.67. The van der Waals surface area contributed by atoms with E-state index in [1.807, 2.05) is 0 Å². The van der Waals surface area contributed by atoms with Crippen molar-refractivity contribution in [2.24, 2.45) is 0 Å². The summed E-state index contributed by atoms with van der Waals surface area (Å²) in [5, 5.41) is 18.1. The monoisotopic (exact) mass is 171 g/mol. The molecule has 12 heavy (non-hydrogen) atoms. The highest BCUT2D eigenvalue weighted by molar-refractivity contribution is 6.45. The van der Waals surface area contributed by atoms with Crippen LogP contribution in [0.5, 0.6) is 0 Å². The van der Waals surface area contributed by atoms with Crippen LogP contribution in [-0.2, 0) is 4.79 Å². The highest BCUT2D eigenvalue weighted by Crippen LogP contribution is 2.17. The molecule has 1 unspecified atom stereocenters. The Kier molecular flexibility index (Phi) is 3.11. The van der Waals surface area contributed by atoms with Crippen LogP contribution in [0.25, 0.3) is 0 Å². The summed E-state index contributed by atoms with van der Waals surface area (Å²) in [7, 11) is -0.647. The number of rotatable bonds is 2. The molecule has 0 saturated carbocycles. The van der Waals surface area contributed by atoms with Gasteiger partial charge in [-0.1, -0.05) is 6.42 Å². The minimum absolute atomic E-state index is 0.487. The van der Waals surface area contributed by atoms with Gasteiger partial charge >= 0.3 is 13.0 Å². The first-order chi connectivity index (χ1) is 5.63. The number of carbonyl (C=O) groups is 1. The molecule has 0 radical (unpaired) electrons. The summed E-state index contributed by atoms with van der Waals surface area (Å²) in [6, 6.07) is -0.487. The van der Waals surface area contributed by atoms with Gasteiger partial charge in [0, 0.05) is 0 Å². The zero-order valence-corrected chi connectivity index (χ0v) is 7.23. The fourth-order valence-corrected chi connectivity index (χ4v) is 1.67. The summed E-state index contributed by atoms with van der Waals surface area (Å²) < 4.78 is 0. The Morgan fingerprint density at radius 3 is 2.67 bits per heavy atom. The molecule has 0 spiro atoms. The third-order valence-electron chi connectivity index (χ3n) is 2.31. The van der Waals surface area contributed by atoms with Gasteiger partial charge in [-0.3, -0.25) is 4.79 Å². The molecule has 1 saturated heterocycles. The number of aliphatic carboxylic acids is 1. The second-order valence-electron chi connectivity index (χ2n) is 3.22. The van der Waals surface area contributed by atoms with Gasteiger partial charge in [0.05, 0.1) is 0 Å². The first-order valence-electron chi connectivity index (χ1n) is 4.29. The van der Waals surface area contributed by atoms with Crippen LogP contribution in [0.3, 0.4) is 0 Å². The molecule has 1 aliphatic rings. The van der Waals surface area contributed by atoms with Crippen LogP contribution in [0.15, 0.2) is 0 Å². The number of nitrogens with zero attached hydrogens (tertiary/aromatic N) is 1. The van der Waals surface area contributed by atoms with Gasteiger partial charge in [0.15, 0.2) is 0 Å². The summed E-state index contributed by atoms with van der Waals surface area (Å²) in [6.45, 7) is 2.30. The van der Waals surface area contributed by atoms with Crippen molar-refractivity contribution < 1.29 is 14.9 Å². The van der Waals surface area contributed by atoms with Gasteiger partial charge in [-0.2, -0.15) is 0 Å². The maximum atomic E-state index is 10.7. The fraction of sp³-hybridized carbons (Fsp3) is 0.857. The normalized spacial score (nSPS) is 25.3. The van der Waals surface area contributed by atoms with E-state index in [4.69, 9.17) is 5.11 Å². The first-order valence-corrected chi connectivity index (χ1v) is 4.29. The quantitative estimate of drug-likeness (QED) is 0.575. The van der Waals surface area contributed by atoms with Crippen molar-refractivity contribution >= 4 is 13.0 Å². The topological polar surface area (TPSA) is 60.8 Å². The Balaban J connectivity index is 2.60. The van der Waals surface area contributed by atoms with E-state index < -0.39 is 19.1 Å². The lowest BCUT2D eigenvalue weighted by atomic mass is 9.80. The molecular formula is C7H14BNO3. The Bertz CT molecular complexity index is 174. The minimum Gasteiger partial charge on any atom is -0.480 e. The lowest BCUT2D eigenvalue weighted by molar-refractivity contribution is -0.142. The smallest absolute Gasteiger partial charge is 0.377 e. The molecule has 0 aromatic carbocycles. The Morgan fingerprint density at radius 1 is 1.58 bits per heavy atom. The standard InChI is InChI=1S/C7H14BNO3/c1-8(12)9-5-3-2-4-6(9)7(10)11/h6,12H,2-5H2,1H3,(H,10,11). The SMILES string of the molecule is CB(O)N1CCCCC1C(=O)O. The van der Waals surface area contributed by atoms with Crippen molar-refractivity contribution in [3.05, 3.63) is 0 Å². The maximum Gasteiger partial charge on any atom is 0.377 e. The van der Waals surface area contributed by atoms with Gasteiger partial charge in [0.25, 0.3) is 0 Å². The van der Waals surface area contributed by atoms with Crippen molar-refractivity contribution in [3.8, 4) is 0 Å². The molecule has 2 N–H and O–H groups in total. The van der Waals surface area contributed by atoms with E-state index in [2.05, 4.69) is 0 Å². The first kappa shape index (κ1) is 9.54. The molecule has 1 aliphatic heterocycles. The molecule has 1 heterocycles. The molecule has 0 aromatic heterocycles. The summed E-state index contributed by atoms with van der Waals surface area (Å²) in [4.78, 5) is 12.3. The van der Waals surface area contributed by atoms with Gasteiger partial charge in [-0.15, -0.1) is 0 Å². The van der Waals surface area contributed by atoms with Crippen LogP contribution in [0.4, 0.5) is 0 Å². The second kappa shape index (κ2) is 3.91. The third-order valence-corrected chi connectivity index (χ3v) is 2.31. The number of carboxylic acids is 1. The van der Waals surface area contributed by atoms with Crippen molar-refractivity contribution in [2.75, 3.05) is 6.54 Å². The molecule has 1 atom stereocenters. The summed E-state index contributed by atoms with van der Waals surface area (Å²) in [6.07, 6.45) is 2.58. The number of hydrogen-bond donors (Lipinski definition) is 2. The Morgan fingerprint density at radius 2 is 2.25 bits per heavy atom. The van der Waals surface area contributed by atoms with Crippen molar-refractivity contribution in [2.45, 2.75) is 32.1 Å². The van der Waals surface area contributed by atoms with Crippen molar-refractivity contribution in [1.82, 2.24) is 4.81 Å². The van der Waals surface area contributed by atoms with E-state index in [-0.39, 0.29) is 0 Å². The number of hydrogen-bond acceptors (Lipinski definition) is 3. The highest BCUT2D eigenvalue weighted by atomic mass is 16.4. The molecular weight excluding hydrogens is 157 g/mol. The van der Waals surface area contributed by atoms with Gasteiger partial charge in [-0.05, 0) is 26.2 Å². The molecule has 68 valence electrons. The van der Waals surface area contributed by atoms with Crippen molar-refractivity contribution in [3.63, 3.8) is 0 Å². The predicted octanol–water partition coefficient (Wildman–Crippen LogP) is 0.0358. The zero-order chi connectivity index (χ0) is 9.14. The van der Waals surface area contributed by atoms with E-state index >= 15 is 0 Å². The van der Waals surface area contributed by atoms with Crippen LogP contribution in [0.1, 0.15) is 19.3 Å². The lowest BCUT2D eigenvalue weighted by Gasteiger charge is -2.33. The summed E-state index contributed by atoms with van der Waals surface area (Å²) in [5.41, 5.74) is 0. The Labute approximate surface area is 72.3 Å². The van der Waals surface area contributed by atoms with Crippen LogP contribution in [-0.4, -0.2) is 40.5 Å². The number of carboxylic acid groups (broad SMARTS) is 1. The number of piperidine rings is 1. The molecule has 0 amide bonds. The Hall–Kier alpha value is -0.545. The highest BCUT2D eigenvalue weighted by Gasteiger charge is 2.32. The molecule has 0 aliphatic carbocycles. The lowest BCUT2D eigenvalue weighted by Crippen LogP contribution is -2.51. The van der Waals surface area contributed by atoms with Gasteiger partial charge in [0.1, 0.15) is 6.04 Å². The average Bonchev–Trinajstić information content (AvgIpc) is 2.04. The van der Waals surface area contributed by atoms with Gasteiger partial charge in [-0.25, -0.2) is 0 Å². The third kappa shape index (κ3) is 1.98. The van der Waals surface area contributed by atoms with Gasteiger partial charge < -0.3 is 14.9 Å². The molecule has 0 bridgehead atoms. The summed E-state index contributed by atoms with van der Waals surface area (Å²) >= 11 is 0. The van der Waals surface area contributed by atoms with Crippen LogP contribution in [0, 0.1) is 0 Å². The van der Waals surface area contributed by atoms with Crippen molar-refractivity contribution in [1.29, 1.82) is 0 Å². The molecule has 1 rings (SSSR count). The molecule has 4 nitrogen and oxygen atoms in total. The van der Waals surface area contributed by atoms with E-state index in [1.165, 1.54) is 0 Å². The predicted molar refractivity (Wildman–Crippen MR) is 45.8 cm³/mol. The largest absolute Gasteiger partial charge is 0.480 e. The van der Waals surface area contributed by atoms with E-state index in [0.29, 0.717) is 13.0 Å². The van der Waals surface area contributed by atoms with E-state index in [0.717, 1.165) is 12.8 Å². The van der Waals surface area contributed by atoms with Crippen LogP contribution in [0.2, 0.25) is 6.82 Å². The molecule has 0 aromatic rings. The van der Waals surface area contributed by atoms with E-state index in [1.54, 1.807) is 11.6 Å². The summed E-state index contributed by atoms with van der Waals surface area (Å²) in [5.74, 6) is -0.824. The van der Waals surface area contributed by atoms with E-state index in [9.17, 15) is 9.82 Å². The minimum atomic E-state index is -0.824. The van der Waals surface area contributed by atoms with Gasteiger partial charge in [0.2, 0.25) is 0 Å². The molecule has 1 fully saturated rings. The van der Waals surface area contributed by atoms with Crippen LogP contribution >= 0.6 is 0 Å². The average molecular weight is 171 g/mol. The zero-order valence-electron chi connectivity index (χ0n) is 7.23. The molecule has 5 heteroatoms. The maximum absolute atomic E-state index is 10.7. The second-order valence-corrected chi connectivity index (χ2v) is 3.22. The van der Waals surface area contributed by atoms with Crippen LogP contribution < -0.4 is 0 Å².